The second kappa shape index (κ2) is 5.04. The number of nitrogens with one attached hydrogen (secondary N) is 1. The van der Waals surface area contributed by atoms with Crippen LogP contribution in [-0.2, 0) is 10.3 Å². The summed E-state index contributed by atoms with van der Waals surface area (Å²) in [6.45, 7) is 2.01. The predicted molar refractivity (Wildman–Crippen MR) is 64.9 cm³/mol. The van der Waals surface area contributed by atoms with Crippen molar-refractivity contribution >= 4 is 5.91 Å². The zero-order valence-electron chi connectivity index (χ0n) is 10.4. The molecule has 0 aromatic heterocycles. The first-order chi connectivity index (χ1) is 8.57. The molecule has 2 rings (SSSR count). The Balaban J connectivity index is 2.09. The molecule has 0 bridgehead atoms. The van der Waals surface area contributed by atoms with Crippen LogP contribution in [-0.4, -0.2) is 5.91 Å². The SMILES string of the molecule is CCCCC(=O)NC1(c2ccc(F)cc2F)CC1. The number of carbonyl (C=O) groups is 1. The molecule has 0 unspecified atom stereocenters. The third kappa shape index (κ3) is 2.68. The van der Waals surface area contributed by atoms with Crippen LogP contribution in [0.3, 0.4) is 0 Å². The molecule has 1 aliphatic carbocycles. The van der Waals surface area contributed by atoms with Crippen LogP contribution in [0.15, 0.2) is 18.2 Å². The summed E-state index contributed by atoms with van der Waals surface area (Å²) in [7, 11) is 0. The number of benzene rings is 1. The molecule has 2 nitrogen and oxygen atoms in total. The summed E-state index contributed by atoms with van der Waals surface area (Å²) in [4.78, 5) is 11.7. The zero-order chi connectivity index (χ0) is 13.2. The van der Waals surface area contributed by atoms with Crippen molar-refractivity contribution in [3.8, 4) is 0 Å². The van der Waals surface area contributed by atoms with Gasteiger partial charge in [0.1, 0.15) is 11.6 Å². The molecule has 0 aliphatic heterocycles. The Hall–Kier alpha value is -1.45. The van der Waals surface area contributed by atoms with Crippen molar-refractivity contribution < 1.29 is 13.6 Å². The average molecular weight is 253 g/mol. The van der Waals surface area contributed by atoms with Gasteiger partial charge in [0.25, 0.3) is 0 Å². The molecule has 0 atom stereocenters. The highest BCUT2D eigenvalue weighted by molar-refractivity contribution is 5.77. The van der Waals surface area contributed by atoms with Crippen molar-refractivity contribution in [3.05, 3.63) is 35.4 Å². The summed E-state index contributed by atoms with van der Waals surface area (Å²) in [6.07, 6.45) is 3.67. The maximum absolute atomic E-state index is 13.7. The number of hydrogen-bond donors (Lipinski definition) is 1. The van der Waals surface area contributed by atoms with Crippen LogP contribution in [0, 0.1) is 11.6 Å². The molecule has 1 saturated carbocycles. The van der Waals surface area contributed by atoms with E-state index in [0.717, 1.165) is 18.9 Å². The van der Waals surface area contributed by atoms with E-state index in [0.29, 0.717) is 24.8 Å². The summed E-state index contributed by atoms with van der Waals surface area (Å²) in [5.74, 6) is -1.23. The van der Waals surface area contributed by atoms with E-state index in [1.54, 1.807) is 0 Å². The third-order valence-corrected chi connectivity index (χ3v) is 3.33. The minimum absolute atomic E-state index is 0.0573. The van der Waals surface area contributed by atoms with Gasteiger partial charge in [0.05, 0.1) is 5.54 Å². The van der Waals surface area contributed by atoms with Gasteiger partial charge in [0, 0.05) is 18.1 Å². The first-order valence-electron chi connectivity index (χ1n) is 6.34. The van der Waals surface area contributed by atoms with Crippen LogP contribution >= 0.6 is 0 Å². The van der Waals surface area contributed by atoms with E-state index in [1.807, 2.05) is 6.92 Å². The van der Waals surface area contributed by atoms with Crippen LogP contribution in [0.5, 0.6) is 0 Å². The van der Waals surface area contributed by atoms with Gasteiger partial charge >= 0.3 is 0 Å². The summed E-state index contributed by atoms with van der Waals surface area (Å²) >= 11 is 0. The van der Waals surface area contributed by atoms with Gasteiger partial charge in [-0.05, 0) is 25.3 Å². The van der Waals surface area contributed by atoms with E-state index in [4.69, 9.17) is 0 Å². The van der Waals surface area contributed by atoms with Crippen molar-refractivity contribution in [2.24, 2.45) is 0 Å². The molecule has 1 fully saturated rings. The van der Waals surface area contributed by atoms with Gasteiger partial charge in [-0.3, -0.25) is 4.79 Å². The van der Waals surface area contributed by atoms with Crippen LogP contribution in [0.2, 0.25) is 0 Å². The van der Waals surface area contributed by atoms with Gasteiger partial charge in [0.15, 0.2) is 0 Å². The van der Waals surface area contributed by atoms with Gasteiger partial charge in [-0.15, -0.1) is 0 Å². The maximum atomic E-state index is 13.7. The van der Waals surface area contributed by atoms with Gasteiger partial charge in [-0.2, -0.15) is 0 Å². The molecule has 1 aliphatic rings. The van der Waals surface area contributed by atoms with Crippen molar-refractivity contribution in [2.45, 2.75) is 44.6 Å². The summed E-state index contributed by atoms with van der Waals surface area (Å²) in [6, 6.07) is 3.53. The van der Waals surface area contributed by atoms with Crippen molar-refractivity contribution in [1.82, 2.24) is 5.32 Å². The molecule has 0 spiro atoms. The molecule has 1 aromatic rings. The van der Waals surface area contributed by atoms with Crippen LogP contribution in [0.4, 0.5) is 8.78 Å². The largest absolute Gasteiger partial charge is 0.346 e. The topological polar surface area (TPSA) is 29.1 Å². The number of rotatable bonds is 5. The lowest BCUT2D eigenvalue weighted by Crippen LogP contribution is -2.35. The van der Waals surface area contributed by atoms with Crippen molar-refractivity contribution in [3.63, 3.8) is 0 Å². The fourth-order valence-electron chi connectivity index (χ4n) is 2.13. The molecule has 4 heteroatoms. The Morgan fingerprint density at radius 1 is 1.39 bits per heavy atom. The normalized spacial score (nSPS) is 16.4. The number of halogens is 2. The fraction of sp³-hybridized carbons (Fsp3) is 0.500. The molecular weight excluding hydrogens is 236 g/mol. The molecule has 0 radical (unpaired) electrons. The van der Waals surface area contributed by atoms with E-state index in [1.165, 1.54) is 12.1 Å². The number of unbranched alkanes of at least 4 members (excludes halogenated alkanes) is 1. The Labute approximate surface area is 105 Å². The second-order valence-electron chi connectivity index (χ2n) is 4.86. The van der Waals surface area contributed by atoms with E-state index >= 15 is 0 Å². The monoisotopic (exact) mass is 253 g/mol. The molecule has 1 aromatic carbocycles. The minimum atomic E-state index is -0.595. The average Bonchev–Trinajstić information content (AvgIpc) is 3.06. The van der Waals surface area contributed by atoms with E-state index < -0.39 is 17.2 Å². The highest BCUT2D eigenvalue weighted by atomic mass is 19.1. The Morgan fingerprint density at radius 3 is 2.67 bits per heavy atom. The molecule has 0 heterocycles. The Kier molecular flexibility index (Phi) is 3.64. The van der Waals surface area contributed by atoms with Gasteiger partial charge < -0.3 is 5.32 Å². The maximum Gasteiger partial charge on any atom is 0.220 e. The zero-order valence-corrected chi connectivity index (χ0v) is 10.4. The first kappa shape index (κ1) is 13.0. The van der Waals surface area contributed by atoms with E-state index in [-0.39, 0.29) is 5.91 Å². The highest BCUT2D eigenvalue weighted by Gasteiger charge is 2.47. The fourth-order valence-corrected chi connectivity index (χ4v) is 2.13. The summed E-state index contributed by atoms with van der Waals surface area (Å²) in [5, 5.41) is 2.88. The van der Waals surface area contributed by atoms with Gasteiger partial charge in [-0.25, -0.2) is 8.78 Å². The molecule has 98 valence electrons. The third-order valence-electron chi connectivity index (χ3n) is 3.33. The predicted octanol–water partition coefficient (Wildman–Crippen LogP) is 3.26. The van der Waals surface area contributed by atoms with E-state index in [2.05, 4.69) is 5.32 Å². The summed E-state index contributed by atoms with van der Waals surface area (Å²) < 4.78 is 26.6. The number of carbonyl (C=O) groups excluding carboxylic acids is 1. The Bertz CT molecular complexity index is 455. The highest BCUT2D eigenvalue weighted by Crippen LogP contribution is 2.46. The van der Waals surface area contributed by atoms with Crippen molar-refractivity contribution in [2.75, 3.05) is 0 Å². The molecule has 18 heavy (non-hydrogen) atoms. The molecular formula is C14H17F2NO. The standard InChI is InChI=1S/C14H17F2NO/c1-2-3-4-13(18)17-14(7-8-14)11-6-5-10(15)9-12(11)16/h5-6,9H,2-4,7-8H2,1H3,(H,17,18). The molecule has 0 saturated heterocycles. The first-order valence-corrected chi connectivity index (χ1v) is 6.34. The van der Waals surface area contributed by atoms with E-state index in [9.17, 15) is 13.6 Å². The van der Waals surface area contributed by atoms with Crippen LogP contribution in [0.25, 0.3) is 0 Å². The number of amides is 1. The number of hydrogen-bond acceptors (Lipinski definition) is 1. The smallest absolute Gasteiger partial charge is 0.220 e. The van der Waals surface area contributed by atoms with Gasteiger partial charge in [-0.1, -0.05) is 19.4 Å². The second-order valence-corrected chi connectivity index (χ2v) is 4.86. The van der Waals surface area contributed by atoms with Gasteiger partial charge in [0.2, 0.25) is 5.91 Å². The molecule has 1 N–H and O–H groups in total. The lowest BCUT2D eigenvalue weighted by Gasteiger charge is -2.18. The van der Waals surface area contributed by atoms with Crippen LogP contribution in [0.1, 0.15) is 44.6 Å². The Morgan fingerprint density at radius 2 is 2.11 bits per heavy atom. The summed E-state index contributed by atoms with van der Waals surface area (Å²) in [5.41, 5.74) is -0.198. The molecule has 1 amide bonds. The van der Waals surface area contributed by atoms with Crippen LogP contribution < -0.4 is 5.32 Å². The van der Waals surface area contributed by atoms with Crippen molar-refractivity contribution in [1.29, 1.82) is 0 Å². The minimum Gasteiger partial charge on any atom is -0.346 e. The lowest BCUT2D eigenvalue weighted by atomic mass is 10.0. The lowest BCUT2D eigenvalue weighted by molar-refractivity contribution is -0.122. The quantitative estimate of drug-likeness (QED) is 0.857.